The molecule has 1 fully saturated rings. The molecule has 3 unspecified atom stereocenters. The van der Waals surface area contributed by atoms with Gasteiger partial charge in [0.1, 0.15) is 22.9 Å². The number of halogens is 3. The Morgan fingerprint density at radius 2 is 2.14 bits per heavy atom. The Morgan fingerprint density at radius 1 is 1.40 bits per heavy atom. The van der Waals surface area contributed by atoms with Gasteiger partial charge in [0.15, 0.2) is 0 Å². The number of rotatable bonds is 8. The molecule has 1 saturated heterocycles. The number of nitrogens with one attached hydrogen (secondary N) is 1. The summed E-state index contributed by atoms with van der Waals surface area (Å²) in [6, 6.07) is 2.37. The van der Waals surface area contributed by atoms with Crippen LogP contribution in [0.1, 0.15) is 5.82 Å². The largest absolute Gasteiger partial charge is 0.477 e. The number of carbonyl (C=O) groups excluding carboxylic acids is 2. The highest BCUT2D eigenvalue weighted by atomic mass is 32.2. The summed E-state index contributed by atoms with van der Waals surface area (Å²) < 4.78 is 52.1. The molecule has 0 aromatic carbocycles. The number of nitrogens with zero attached hydrogens (tertiary/aromatic N) is 4. The number of hydrogen-bond acceptors (Lipinski definition) is 9. The Bertz CT molecular complexity index is 1230. The van der Waals surface area contributed by atoms with Crippen molar-refractivity contribution in [3.05, 3.63) is 34.6 Å². The van der Waals surface area contributed by atoms with E-state index < -0.39 is 52.0 Å². The van der Waals surface area contributed by atoms with Gasteiger partial charge in [-0.15, -0.1) is 28.2 Å². The number of aliphatic carboxylic acids is 1. The van der Waals surface area contributed by atoms with Crippen molar-refractivity contribution < 1.29 is 36.9 Å². The van der Waals surface area contributed by atoms with Gasteiger partial charge in [0.2, 0.25) is 16.9 Å². The number of aryl methyl sites for hydroxylation is 1. The maximum Gasteiger partial charge on any atom is 0.451 e. The predicted molar refractivity (Wildman–Crippen MR) is 122 cm³/mol. The molecule has 4 rings (SSSR count). The SMILES string of the molecule is Cn1nc(SCC2=C(C(=O)O)N3C(=O)C(NC(=O)CS(=O)c4cccs4)C3SC2)nc1C(F)(F)F. The molecule has 2 aliphatic rings. The van der Waals surface area contributed by atoms with Crippen LogP contribution < -0.4 is 5.32 Å². The monoisotopic (exact) mass is 567 g/mol. The molecule has 0 aliphatic carbocycles. The number of amides is 2. The van der Waals surface area contributed by atoms with Gasteiger partial charge in [-0.1, -0.05) is 17.8 Å². The van der Waals surface area contributed by atoms with E-state index in [1.165, 1.54) is 23.1 Å². The molecular weight excluding hydrogens is 551 g/mol. The number of carboxylic acid groups (broad SMARTS) is 1. The average Bonchev–Trinajstić information content (AvgIpc) is 3.45. The minimum Gasteiger partial charge on any atom is -0.477 e. The third-order valence-corrected chi connectivity index (χ3v) is 9.80. The van der Waals surface area contributed by atoms with Crippen LogP contribution in [0.3, 0.4) is 0 Å². The highest BCUT2D eigenvalue weighted by molar-refractivity contribution is 8.01. The van der Waals surface area contributed by atoms with Crippen LogP contribution in [0.2, 0.25) is 0 Å². The summed E-state index contributed by atoms with van der Waals surface area (Å²) in [5.74, 6) is -3.97. The van der Waals surface area contributed by atoms with Gasteiger partial charge in [-0.05, 0) is 17.0 Å². The van der Waals surface area contributed by atoms with Crippen LogP contribution >= 0.6 is 34.9 Å². The fourth-order valence-corrected chi connectivity index (χ4v) is 7.68. The van der Waals surface area contributed by atoms with E-state index in [-0.39, 0.29) is 28.1 Å². The van der Waals surface area contributed by atoms with Gasteiger partial charge in [0.25, 0.3) is 5.91 Å². The lowest BCUT2D eigenvalue weighted by molar-refractivity contribution is -0.150. The zero-order valence-electron chi connectivity index (χ0n) is 17.6. The van der Waals surface area contributed by atoms with Crippen molar-refractivity contribution in [2.75, 3.05) is 17.3 Å². The number of aromatic nitrogens is 3. The van der Waals surface area contributed by atoms with Crippen molar-refractivity contribution in [1.82, 2.24) is 25.0 Å². The number of alkyl halides is 3. The summed E-state index contributed by atoms with van der Waals surface area (Å²) in [5, 5.41) is 16.8. The molecule has 0 bridgehead atoms. The molecule has 0 saturated carbocycles. The molecule has 0 radical (unpaired) electrons. The van der Waals surface area contributed by atoms with Crippen molar-refractivity contribution in [2.24, 2.45) is 7.05 Å². The number of carbonyl (C=O) groups is 3. The highest BCUT2D eigenvalue weighted by Crippen LogP contribution is 2.41. The molecule has 2 aromatic heterocycles. The summed E-state index contributed by atoms with van der Waals surface area (Å²) in [5.41, 5.74) is 0.0487. The minimum absolute atomic E-state index is 0.0384. The lowest BCUT2D eigenvalue weighted by Crippen LogP contribution is -2.70. The van der Waals surface area contributed by atoms with Crippen LogP contribution in [0.15, 0.2) is 38.1 Å². The average molecular weight is 568 g/mol. The Morgan fingerprint density at radius 3 is 2.74 bits per heavy atom. The molecular formula is C18H16F3N5O5S4. The topological polar surface area (TPSA) is 134 Å². The van der Waals surface area contributed by atoms with Crippen LogP contribution in [0.4, 0.5) is 13.2 Å². The molecule has 0 spiro atoms. The summed E-state index contributed by atoms with van der Waals surface area (Å²) >= 11 is 3.28. The van der Waals surface area contributed by atoms with E-state index in [2.05, 4.69) is 15.4 Å². The third kappa shape index (κ3) is 5.26. The molecule has 2 aromatic rings. The van der Waals surface area contributed by atoms with Gasteiger partial charge in [-0.2, -0.15) is 18.2 Å². The number of thioether (sulfide) groups is 2. The lowest BCUT2D eigenvalue weighted by atomic mass is 10.0. The Hall–Kier alpha value is -2.37. The normalized spacial score (nSPS) is 20.9. The van der Waals surface area contributed by atoms with E-state index in [9.17, 15) is 36.9 Å². The second kappa shape index (κ2) is 9.94. The van der Waals surface area contributed by atoms with Gasteiger partial charge in [-0.3, -0.25) is 18.7 Å². The smallest absolute Gasteiger partial charge is 0.451 e. The van der Waals surface area contributed by atoms with Crippen molar-refractivity contribution in [3.63, 3.8) is 0 Å². The minimum atomic E-state index is -4.68. The van der Waals surface area contributed by atoms with Gasteiger partial charge >= 0.3 is 12.1 Å². The maximum absolute atomic E-state index is 12.9. The molecule has 3 atom stereocenters. The van der Waals surface area contributed by atoms with Gasteiger partial charge in [-0.25, -0.2) is 9.48 Å². The van der Waals surface area contributed by atoms with Gasteiger partial charge in [0, 0.05) is 18.6 Å². The molecule has 188 valence electrons. The first-order valence-corrected chi connectivity index (χ1v) is 13.9. The Labute approximate surface area is 210 Å². The second-order valence-corrected chi connectivity index (χ2v) is 11.9. The van der Waals surface area contributed by atoms with E-state index in [1.54, 1.807) is 17.5 Å². The summed E-state index contributed by atoms with van der Waals surface area (Å²) in [6.45, 7) is 0. The molecule has 2 amide bonds. The van der Waals surface area contributed by atoms with E-state index >= 15 is 0 Å². The molecule has 35 heavy (non-hydrogen) atoms. The van der Waals surface area contributed by atoms with Crippen molar-refractivity contribution in [2.45, 2.75) is 27.0 Å². The Kier molecular flexibility index (Phi) is 7.31. The van der Waals surface area contributed by atoms with E-state index in [0.717, 1.165) is 23.7 Å². The zero-order chi connectivity index (χ0) is 25.5. The fraction of sp³-hybridized carbons (Fsp3) is 0.389. The fourth-order valence-electron chi connectivity index (χ4n) is 3.41. The molecule has 10 nitrogen and oxygen atoms in total. The number of fused-ring (bicyclic) bond motifs is 1. The van der Waals surface area contributed by atoms with Crippen LogP contribution in [0.25, 0.3) is 0 Å². The first-order valence-electron chi connectivity index (χ1n) is 9.69. The summed E-state index contributed by atoms with van der Waals surface area (Å²) in [6.07, 6.45) is -4.68. The van der Waals surface area contributed by atoms with Crippen LogP contribution in [0.5, 0.6) is 0 Å². The summed E-state index contributed by atoms with van der Waals surface area (Å²) in [4.78, 5) is 41.4. The van der Waals surface area contributed by atoms with Crippen molar-refractivity contribution in [3.8, 4) is 0 Å². The molecule has 4 heterocycles. The molecule has 2 N–H and O–H groups in total. The van der Waals surface area contributed by atoms with Crippen molar-refractivity contribution >= 4 is 63.4 Å². The number of carboxylic acids is 1. The number of thiophene rings is 1. The van der Waals surface area contributed by atoms with Crippen LogP contribution in [-0.4, -0.2) is 75.4 Å². The summed E-state index contributed by atoms with van der Waals surface area (Å²) in [7, 11) is -0.457. The number of β-lactam (4-membered cyclic amide) rings is 1. The predicted octanol–water partition coefficient (Wildman–Crippen LogP) is 1.53. The van der Waals surface area contributed by atoms with E-state index in [4.69, 9.17) is 0 Å². The van der Waals surface area contributed by atoms with Gasteiger partial charge < -0.3 is 10.4 Å². The lowest BCUT2D eigenvalue weighted by Gasteiger charge is -2.49. The second-order valence-electron chi connectivity index (χ2n) is 7.26. The maximum atomic E-state index is 12.9. The third-order valence-electron chi connectivity index (χ3n) is 4.92. The molecule has 2 aliphatic heterocycles. The van der Waals surface area contributed by atoms with Crippen LogP contribution in [0, 0.1) is 0 Å². The van der Waals surface area contributed by atoms with Gasteiger partial charge in [0.05, 0.1) is 15.0 Å². The number of hydrogen-bond donors (Lipinski definition) is 2. The first-order chi connectivity index (χ1) is 16.5. The quantitative estimate of drug-likeness (QED) is 0.360. The van der Waals surface area contributed by atoms with E-state index in [0.29, 0.717) is 14.5 Å². The zero-order valence-corrected chi connectivity index (χ0v) is 20.9. The standard InChI is InChI=1S/C18H16F3N5O5S4/c1-25-16(18(19,20)21)23-17(24-25)34-6-8-5-33-14-11(13(28)26(14)12(8)15(29)30)22-9(27)7-35(31)10-3-2-4-32-10/h2-4,11,14H,5-7H2,1H3,(H,22,27)(H,29,30). The molecule has 17 heteroatoms. The van der Waals surface area contributed by atoms with E-state index in [1.807, 2.05) is 0 Å². The highest BCUT2D eigenvalue weighted by Gasteiger charge is 2.54. The van der Waals surface area contributed by atoms with Crippen LogP contribution in [-0.2, 0) is 38.4 Å². The van der Waals surface area contributed by atoms with Crippen molar-refractivity contribution in [1.29, 1.82) is 0 Å². The Balaban J connectivity index is 1.42. The first kappa shape index (κ1) is 25.7.